The number of aliphatic carboxylic acids is 1. The monoisotopic (exact) mass is 377 g/mol. The maximum absolute atomic E-state index is 12.4. The Morgan fingerprint density at radius 2 is 1.86 bits per heavy atom. The molecule has 1 aliphatic rings. The van der Waals surface area contributed by atoms with Crippen molar-refractivity contribution in [2.75, 3.05) is 5.32 Å². The molecule has 8 nitrogen and oxygen atoms in total. The van der Waals surface area contributed by atoms with Crippen LogP contribution in [0.2, 0.25) is 0 Å². The topological polar surface area (TPSA) is 121 Å². The summed E-state index contributed by atoms with van der Waals surface area (Å²) in [5.74, 6) is -1.30. The van der Waals surface area contributed by atoms with Gasteiger partial charge in [0.25, 0.3) is 0 Å². The number of carbonyl (C=O) groups is 2. The molecule has 1 saturated carbocycles. The normalized spacial score (nSPS) is 19.8. The minimum absolute atomic E-state index is 0.277. The standard InChI is InChI=1S/C20H19N5O3/c1-20(2)14(15(20)19(27)28)18(26)22-12-8-6-11(7-9-12)16-23-17(25-24-16)13-5-3-4-10-21-13/h3-10,14-15H,1-2H3,(H,22,26)(H,27,28)(H,23,24,25)/t14-,15+/m0/s1. The Morgan fingerprint density at radius 1 is 1.11 bits per heavy atom. The maximum Gasteiger partial charge on any atom is 0.307 e. The van der Waals surface area contributed by atoms with Gasteiger partial charge >= 0.3 is 5.97 Å². The summed E-state index contributed by atoms with van der Waals surface area (Å²) in [4.78, 5) is 32.3. The summed E-state index contributed by atoms with van der Waals surface area (Å²) in [5, 5.41) is 19.1. The number of carboxylic acids is 1. The molecule has 0 spiro atoms. The highest BCUT2D eigenvalue weighted by molar-refractivity contribution is 5.99. The summed E-state index contributed by atoms with van der Waals surface area (Å²) in [6.45, 7) is 3.59. The van der Waals surface area contributed by atoms with Crippen LogP contribution in [0, 0.1) is 17.3 Å². The van der Waals surface area contributed by atoms with Gasteiger partial charge in [0.15, 0.2) is 11.6 Å². The molecule has 0 bridgehead atoms. The van der Waals surface area contributed by atoms with E-state index in [1.54, 1.807) is 44.3 Å². The summed E-state index contributed by atoms with van der Waals surface area (Å²) >= 11 is 0. The number of nitrogens with zero attached hydrogens (tertiary/aromatic N) is 3. The minimum atomic E-state index is -0.936. The van der Waals surface area contributed by atoms with Crippen molar-refractivity contribution in [1.29, 1.82) is 0 Å². The van der Waals surface area contributed by atoms with Crippen LogP contribution in [0.25, 0.3) is 22.9 Å². The van der Waals surface area contributed by atoms with Crippen molar-refractivity contribution in [3.63, 3.8) is 0 Å². The van der Waals surface area contributed by atoms with E-state index >= 15 is 0 Å². The van der Waals surface area contributed by atoms with E-state index < -0.39 is 23.2 Å². The van der Waals surface area contributed by atoms with E-state index in [1.807, 2.05) is 18.2 Å². The molecule has 1 amide bonds. The fraction of sp³-hybridized carbons (Fsp3) is 0.250. The number of nitrogens with one attached hydrogen (secondary N) is 2. The summed E-state index contributed by atoms with van der Waals surface area (Å²) in [6, 6.07) is 12.6. The van der Waals surface area contributed by atoms with Crippen molar-refractivity contribution in [2.45, 2.75) is 13.8 Å². The van der Waals surface area contributed by atoms with E-state index in [9.17, 15) is 14.7 Å². The van der Waals surface area contributed by atoms with Crippen molar-refractivity contribution in [1.82, 2.24) is 20.2 Å². The van der Waals surface area contributed by atoms with Crippen LogP contribution in [0.15, 0.2) is 48.7 Å². The first-order valence-corrected chi connectivity index (χ1v) is 8.86. The van der Waals surface area contributed by atoms with Gasteiger partial charge in [0, 0.05) is 17.4 Å². The van der Waals surface area contributed by atoms with Crippen LogP contribution in [-0.2, 0) is 9.59 Å². The number of pyridine rings is 1. The lowest BCUT2D eigenvalue weighted by Crippen LogP contribution is -2.17. The fourth-order valence-electron chi connectivity index (χ4n) is 3.52. The van der Waals surface area contributed by atoms with E-state index in [4.69, 9.17) is 0 Å². The second kappa shape index (κ2) is 6.56. The number of anilines is 1. The Balaban J connectivity index is 1.46. The molecular weight excluding hydrogens is 358 g/mol. The van der Waals surface area contributed by atoms with Gasteiger partial charge in [-0.2, -0.15) is 5.10 Å². The van der Waals surface area contributed by atoms with Gasteiger partial charge in [-0.05, 0) is 41.8 Å². The molecule has 2 heterocycles. The third-order valence-electron chi connectivity index (χ3n) is 5.18. The van der Waals surface area contributed by atoms with Crippen molar-refractivity contribution in [3.8, 4) is 22.9 Å². The van der Waals surface area contributed by atoms with Gasteiger partial charge in [-0.1, -0.05) is 19.9 Å². The molecule has 3 aromatic rings. The number of hydrogen-bond acceptors (Lipinski definition) is 5. The SMILES string of the molecule is CC1(C)[C@H](C(=O)Nc2ccc(-c3n[nH]c(-c4ccccn4)n3)cc2)[C@@H]1C(=O)O. The van der Waals surface area contributed by atoms with Crippen LogP contribution >= 0.6 is 0 Å². The molecule has 2 aromatic heterocycles. The quantitative estimate of drug-likeness (QED) is 0.629. The van der Waals surface area contributed by atoms with E-state index in [1.165, 1.54) is 0 Å². The number of benzene rings is 1. The molecule has 1 fully saturated rings. The van der Waals surface area contributed by atoms with Crippen LogP contribution in [-0.4, -0.2) is 37.1 Å². The lowest BCUT2D eigenvalue weighted by molar-refractivity contribution is -0.140. The van der Waals surface area contributed by atoms with Gasteiger partial charge in [0.1, 0.15) is 5.69 Å². The summed E-state index contributed by atoms with van der Waals surface area (Å²) in [6.07, 6.45) is 1.69. The van der Waals surface area contributed by atoms with Crippen LogP contribution in [0.1, 0.15) is 13.8 Å². The van der Waals surface area contributed by atoms with E-state index in [0.29, 0.717) is 23.0 Å². The number of aromatic amines is 1. The predicted octanol–water partition coefficient (Wildman–Crippen LogP) is 2.83. The van der Waals surface area contributed by atoms with Crippen molar-refractivity contribution < 1.29 is 14.7 Å². The van der Waals surface area contributed by atoms with Crippen molar-refractivity contribution >= 4 is 17.6 Å². The molecule has 0 saturated heterocycles. The van der Waals surface area contributed by atoms with Gasteiger partial charge in [-0.3, -0.25) is 19.7 Å². The summed E-state index contributed by atoms with van der Waals surface area (Å²) < 4.78 is 0. The first-order valence-electron chi connectivity index (χ1n) is 8.86. The fourth-order valence-corrected chi connectivity index (χ4v) is 3.52. The molecule has 0 radical (unpaired) electrons. The van der Waals surface area contributed by atoms with Gasteiger partial charge in [0.05, 0.1) is 11.8 Å². The Morgan fingerprint density at radius 3 is 2.46 bits per heavy atom. The van der Waals surface area contributed by atoms with Gasteiger partial charge in [0.2, 0.25) is 5.91 Å². The minimum Gasteiger partial charge on any atom is -0.481 e. The molecule has 0 aliphatic heterocycles. The number of carboxylic acid groups (broad SMARTS) is 1. The Bertz CT molecular complexity index is 1030. The average molecular weight is 377 g/mol. The third kappa shape index (κ3) is 3.13. The van der Waals surface area contributed by atoms with E-state index in [-0.39, 0.29) is 5.91 Å². The molecule has 4 rings (SSSR count). The Hall–Kier alpha value is -3.55. The van der Waals surface area contributed by atoms with Crippen LogP contribution in [0.3, 0.4) is 0 Å². The van der Waals surface area contributed by atoms with Crippen molar-refractivity contribution in [3.05, 3.63) is 48.7 Å². The molecular formula is C20H19N5O3. The molecule has 142 valence electrons. The molecule has 2 atom stereocenters. The number of aromatic nitrogens is 4. The third-order valence-corrected chi connectivity index (χ3v) is 5.18. The zero-order valence-electron chi connectivity index (χ0n) is 15.4. The Labute approximate surface area is 161 Å². The highest BCUT2D eigenvalue weighted by Crippen LogP contribution is 2.58. The number of rotatable bonds is 5. The predicted molar refractivity (Wildman–Crippen MR) is 102 cm³/mol. The second-order valence-corrected chi connectivity index (χ2v) is 7.40. The highest BCUT2D eigenvalue weighted by Gasteiger charge is 2.65. The number of amides is 1. The van der Waals surface area contributed by atoms with Crippen LogP contribution < -0.4 is 5.32 Å². The number of H-pyrrole nitrogens is 1. The second-order valence-electron chi connectivity index (χ2n) is 7.40. The zero-order chi connectivity index (χ0) is 19.9. The van der Waals surface area contributed by atoms with E-state index in [0.717, 1.165) is 5.56 Å². The van der Waals surface area contributed by atoms with Gasteiger partial charge in [-0.25, -0.2) is 4.98 Å². The summed E-state index contributed by atoms with van der Waals surface area (Å²) in [7, 11) is 0. The molecule has 28 heavy (non-hydrogen) atoms. The lowest BCUT2D eigenvalue weighted by Gasteiger charge is -2.06. The molecule has 8 heteroatoms. The van der Waals surface area contributed by atoms with Crippen LogP contribution in [0.4, 0.5) is 5.69 Å². The van der Waals surface area contributed by atoms with Crippen molar-refractivity contribution in [2.24, 2.45) is 17.3 Å². The highest BCUT2D eigenvalue weighted by atomic mass is 16.4. The van der Waals surface area contributed by atoms with Crippen LogP contribution in [0.5, 0.6) is 0 Å². The molecule has 3 N–H and O–H groups in total. The zero-order valence-corrected chi connectivity index (χ0v) is 15.4. The molecule has 1 aromatic carbocycles. The van der Waals surface area contributed by atoms with Gasteiger partial charge in [-0.15, -0.1) is 0 Å². The smallest absolute Gasteiger partial charge is 0.307 e. The molecule has 0 unspecified atom stereocenters. The van der Waals surface area contributed by atoms with Gasteiger partial charge < -0.3 is 10.4 Å². The largest absolute Gasteiger partial charge is 0.481 e. The first-order chi connectivity index (χ1) is 13.4. The number of hydrogen-bond donors (Lipinski definition) is 3. The first kappa shape index (κ1) is 17.8. The molecule has 1 aliphatic carbocycles. The lowest BCUT2D eigenvalue weighted by atomic mass is 10.1. The maximum atomic E-state index is 12.4. The number of carbonyl (C=O) groups excluding carboxylic acids is 1. The average Bonchev–Trinajstić information content (AvgIpc) is 3.03. The van der Waals surface area contributed by atoms with E-state index in [2.05, 4.69) is 25.5 Å². The Kier molecular flexibility index (Phi) is 4.18. The summed E-state index contributed by atoms with van der Waals surface area (Å²) in [5.41, 5.74) is 1.55.